The SMILES string of the molecule is Cn1ncc(C(=O)N2CCN(CCCN)CC2)n1. The van der Waals surface area contributed by atoms with E-state index in [0.717, 1.165) is 45.7 Å². The molecule has 1 aromatic heterocycles. The third-order valence-electron chi connectivity index (χ3n) is 3.16. The van der Waals surface area contributed by atoms with Gasteiger partial charge in [0, 0.05) is 33.2 Å². The molecule has 0 saturated carbocycles. The van der Waals surface area contributed by atoms with E-state index < -0.39 is 0 Å². The number of carbonyl (C=O) groups excluding carboxylic acids is 1. The number of carbonyl (C=O) groups is 1. The maximum absolute atomic E-state index is 12.1. The van der Waals surface area contributed by atoms with Crippen molar-refractivity contribution in [2.24, 2.45) is 12.8 Å². The lowest BCUT2D eigenvalue weighted by atomic mass is 10.2. The molecule has 0 bridgehead atoms. The maximum atomic E-state index is 12.1. The average molecular weight is 252 g/mol. The molecule has 1 saturated heterocycles. The topological polar surface area (TPSA) is 80.3 Å². The van der Waals surface area contributed by atoms with Crippen molar-refractivity contribution in [2.75, 3.05) is 39.3 Å². The fourth-order valence-electron chi connectivity index (χ4n) is 2.10. The Hall–Kier alpha value is -1.47. The summed E-state index contributed by atoms with van der Waals surface area (Å²) >= 11 is 0. The Kier molecular flexibility index (Phi) is 4.27. The van der Waals surface area contributed by atoms with Crippen LogP contribution in [0.2, 0.25) is 0 Å². The van der Waals surface area contributed by atoms with Crippen molar-refractivity contribution in [3.05, 3.63) is 11.9 Å². The highest BCUT2D eigenvalue weighted by atomic mass is 16.2. The second-order valence-corrected chi connectivity index (χ2v) is 4.50. The summed E-state index contributed by atoms with van der Waals surface area (Å²) in [6, 6.07) is 0. The fourth-order valence-corrected chi connectivity index (χ4v) is 2.10. The molecule has 0 radical (unpaired) electrons. The molecule has 0 spiro atoms. The van der Waals surface area contributed by atoms with Crippen LogP contribution < -0.4 is 5.73 Å². The van der Waals surface area contributed by atoms with Gasteiger partial charge in [0.1, 0.15) is 0 Å². The van der Waals surface area contributed by atoms with Gasteiger partial charge in [-0.25, -0.2) is 0 Å². The van der Waals surface area contributed by atoms with Gasteiger partial charge in [0.2, 0.25) is 0 Å². The Morgan fingerprint density at radius 3 is 2.67 bits per heavy atom. The summed E-state index contributed by atoms with van der Waals surface area (Å²) in [5, 5.41) is 7.96. The van der Waals surface area contributed by atoms with Crippen LogP contribution in [0.5, 0.6) is 0 Å². The van der Waals surface area contributed by atoms with Gasteiger partial charge in [-0.3, -0.25) is 9.69 Å². The van der Waals surface area contributed by atoms with E-state index in [1.54, 1.807) is 7.05 Å². The van der Waals surface area contributed by atoms with Gasteiger partial charge in [-0.05, 0) is 19.5 Å². The number of piperazine rings is 1. The summed E-state index contributed by atoms with van der Waals surface area (Å²) in [6.07, 6.45) is 2.53. The zero-order valence-corrected chi connectivity index (χ0v) is 10.7. The smallest absolute Gasteiger partial charge is 0.276 e. The molecule has 2 rings (SSSR count). The molecule has 1 fully saturated rings. The predicted molar refractivity (Wildman–Crippen MR) is 67.0 cm³/mol. The second kappa shape index (κ2) is 5.92. The van der Waals surface area contributed by atoms with E-state index in [0.29, 0.717) is 5.69 Å². The van der Waals surface area contributed by atoms with Gasteiger partial charge in [-0.15, -0.1) is 5.10 Å². The number of aromatic nitrogens is 3. The average Bonchev–Trinajstić information content (AvgIpc) is 2.83. The minimum atomic E-state index is -0.0263. The Morgan fingerprint density at radius 1 is 1.39 bits per heavy atom. The zero-order chi connectivity index (χ0) is 13.0. The Labute approximate surface area is 107 Å². The van der Waals surface area contributed by atoms with E-state index in [1.165, 1.54) is 11.0 Å². The third-order valence-corrected chi connectivity index (χ3v) is 3.16. The minimum absolute atomic E-state index is 0.0263. The molecule has 7 heteroatoms. The highest BCUT2D eigenvalue weighted by Gasteiger charge is 2.23. The van der Waals surface area contributed by atoms with Gasteiger partial charge in [-0.1, -0.05) is 0 Å². The molecular formula is C11H20N6O. The van der Waals surface area contributed by atoms with Crippen LogP contribution >= 0.6 is 0 Å². The molecule has 1 aliphatic rings. The first-order chi connectivity index (χ1) is 8.70. The van der Waals surface area contributed by atoms with E-state index in [4.69, 9.17) is 5.73 Å². The quantitative estimate of drug-likeness (QED) is 0.737. The van der Waals surface area contributed by atoms with E-state index in [-0.39, 0.29) is 5.91 Å². The molecule has 1 aromatic rings. The number of nitrogens with zero attached hydrogens (tertiary/aromatic N) is 5. The molecule has 7 nitrogen and oxygen atoms in total. The van der Waals surface area contributed by atoms with Crippen LogP contribution in [-0.2, 0) is 7.05 Å². The largest absolute Gasteiger partial charge is 0.335 e. The number of rotatable bonds is 4. The number of hydrogen-bond acceptors (Lipinski definition) is 5. The number of hydrogen-bond donors (Lipinski definition) is 1. The van der Waals surface area contributed by atoms with Crippen LogP contribution in [0, 0.1) is 0 Å². The molecule has 0 aromatic carbocycles. The third kappa shape index (κ3) is 3.05. The molecule has 18 heavy (non-hydrogen) atoms. The van der Waals surface area contributed by atoms with Gasteiger partial charge in [0.05, 0.1) is 6.20 Å². The number of amides is 1. The van der Waals surface area contributed by atoms with Gasteiger partial charge >= 0.3 is 0 Å². The molecule has 0 unspecified atom stereocenters. The molecular weight excluding hydrogens is 232 g/mol. The van der Waals surface area contributed by atoms with Gasteiger partial charge in [-0.2, -0.15) is 9.90 Å². The highest BCUT2D eigenvalue weighted by molar-refractivity contribution is 5.91. The summed E-state index contributed by atoms with van der Waals surface area (Å²) in [6.45, 7) is 5.06. The van der Waals surface area contributed by atoms with Crippen LogP contribution in [-0.4, -0.2) is 70.0 Å². The minimum Gasteiger partial charge on any atom is -0.335 e. The van der Waals surface area contributed by atoms with Crippen molar-refractivity contribution in [3.8, 4) is 0 Å². The van der Waals surface area contributed by atoms with Crippen LogP contribution in [0.1, 0.15) is 16.9 Å². The maximum Gasteiger partial charge on any atom is 0.276 e. The lowest BCUT2D eigenvalue weighted by Crippen LogP contribution is -2.49. The van der Waals surface area contributed by atoms with Gasteiger partial charge in [0.15, 0.2) is 5.69 Å². The molecule has 2 heterocycles. The second-order valence-electron chi connectivity index (χ2n) is 4.50. The highest BCUT2D eigenvalue weighted by Crippen LogP contribution is 2.06. The molecule has 2 N–H and O–H groups in total. The monoisotopic (exact) mass is 252 g/mol. The lowest BCUT2D eigenvalue weighted by molar-refractivity contribution is 0.0630. The Morgan fingerprint density at radius 2 is 2.11 bits per heavy atom. The summed E-state index contributed by atoms with van der Waals surface area (Å²) in [5.74, 6) is -0.0263. The van der Waals surface area contributed by atoms with Crippen LogP contribution in [0.4, 0.5) is 0 Å². The summed E-state index contributed by atoms with van der Waals surface area (Å²) < 4.78 is 0. The molecule has 100 valence electrons. The van der Waals surface area contributed by atoms with Crippen LogP contribution in [0.25, 0.3) is 0 Å². The van der Waals surface area contributed by atoms with Gasteiger partial charge in [0.25, 0.3) is 5.91 Å². The van der Waals surface area contributed by atoms with Gasteiger partial charge < -0.3 is 10.6 Å². The summed E-state index contributed by atoms with van der Waals surface area (Å²) in [5.41, 5.74) is 5.91. The number of aryl methyl sites for hydroxylation is 1. The van der Waals surface area contributed by atoms with E-state index in [9.17, 15) is 4.79 Å². The first-order valence-corrected chi connectivity index (χ1v) is 6.28. The standard InChI is InChI=1S/C11H20N6O/c1-15-13-9-10(14-15)11(18)17-7-5-16(6-8-17)4-2-3-12/h9H,2-8,12H2,1H3. The first kappa shape index (κ1) is 13.0. The molecule has 1 aliphatic heterocycles. The zero-order valence-electron chi connectivity index (χ0n) is 10.7. The molecule has 1 amide bonds. The Bertz CT molecular complexity index is 396. The van der Waals surface area contributed by atoms with E-state index in [2.05, 4.69) is 15.1 Å². The van der Waals surface area contributed by atoms with Crippen molar-refractivity contribution >= 4 is 5.91 Å². The first-order valence-electron chi connectivity index (χ1n) is 6.28. The normalized spacial score (nSPS) is 17.1. The van der Waals surface area contributed by atoms with Crippen LogP contribution in [0.15, 0.2) is 6.20 Å². The van der Waals surface area contributed by atoms with E-state index in [1.807, 2.05) is 4.90 Å². The van der Waals surface area contributed by atoms with Crippen molar-refractivity contribution in [1.29, 1.82) is 0 Å². The van der Waals surface area contributed by atoms with Crippen molar-refractivity contribution in [2.45, 2.75) is 6.42 Å². The fraction of sp³-hybridized carbons (Fsp3) is 0.727. The predicted octanol–water partition coefficient (Wildman–Crippen LogP) is -1.08. The molecule has 0 aliphatic carbocycles. The Balaban J connectivity index is 1.84. The van der Waals surface area contributed by atoms with Crippen LogP contribution in [0.3, 0.4) is 0 Å². The van der Waals surface area contributed by atoms with Crippen molar-refractivity contribution < 1.29 is 4.79 Å². The summed E-state index contributed by atoms with van der Waals surface area (Å²) in [4.78, 5) is 17.7. The number of nitrogens with two attached hydrogens (primary N) is 1. The summed E-state index contributed by atoms with van der Waals surface area (Å²) in [7, 11) is 1.71. The molecule has 0 atom stereocenters. The van der Waals surface area contributed by atoms with E-state index >= 15 is 0 Å². The van der Waals surface area contributed by atoms with Crippen molar-refractivity contribution in [1.82, 2.24) is 24.8 Å². The van der Waals surface area contributed by atoms with Crippen molar-refractivity contribution in [3.63, 3.8) is 0 Å². The lowest BCUT2D eigenvalue weighted by Gasteiger charge is -2.34.